The van der Waals surface area contributed by atoms with E-state index in [0.717, 1.165) is 24.9 Å². The zero-order valence-electron chi connectivity index (χ0n) is 19.0. The van der Waals surface area contributed by atoms with Gasteiger partial charge in [-0.1, -0.05) is 17.7 Å². The topological polar surface area (TPSA) is 96.3 Å². The molecule has 0 bridgehead atoms. The van der Waals surface area contributed by atoms with E-state index >= 15 is 0 Å². The maximum absolute atomic E-state index is 12.9. The molecule has 2 N–H and O–H groups in total. The second-order valence-corrected chi connectivity index (χ2v) is 8.82. The van der Waals surface area contributed by atoms with E-state index in [4.69, 9.17) is 11.6 Å². The van der Waals surface area contributed by atoms with Crippen LogP contribution in [0.1, 0.15) is 25.3 Å². The highest BCUT2D eigenvalue weighted by Crippen LogP contribution is 2.24. The van der Waals surface area contributed by atoms with Crippen LogP contribution in [0.2, 0.25) is 5.02 Å². The van der Waals surface area contributed by atoms with E-state index in [1.54, 1.807) is 36.4 Å². The molecular formula is C25H26ClN5O3. The third kappa shape index (κ3) is 5.46. The predicted molar refractivity (Wildman–Crippen MR) is 134 cm³/mol. The fraction of sp³-hybridized carbons (Fsp3) is 0.280. The van der Waals surface area contributed by atoms with Gasteiger partial charge in [0, 0.05) is 42.5 Å². The van der Waals surface area contributed by atoms with Crippen molar-refractivity contribution in [2.75, 3.05) is 28.6 Å². The molecule has 2 aromatic carbocycles. The van der Waals surface area contributed by atoms with E-state index in [1.807, 2.05) is 24.0 Å². The van der Waals surface area contributed by atoms with Gasteiger partial charge in [0.15, 0.2) is 0 Å². The maximum Gasteiger partial charge on any atom is 0.271 e. The Morgan fingerprint density at radius 1 is 1.03 bits per heavy atom. The molecule has 1 atom stereocenters. The first-order valence-corrected chi connectivity index (χ1v) is 11.5. The zero-order chi connectivity index (χ0) is 24.2. The number of carbonyl (C=O) groups excluding carboxylic acids is 2. The summed E-state index contributed by atoms with van der Waals surface area (Å²) in [5.41, 5.74) is 2.60. The first-order chi connectivity index (χ1) is 16.3. The molecule has 1 aliphatic heterocycles. The van der Waals surface area contributed by atoms with Crippen molar-refractivity contribution in [3.05, 3.63) is 75.5 Å². The summed E-state index contributed by atoms with van der Waals surface area (Å²) in [5, 5.41) is 10.8. The number of piperidine rings is 1. The number of anilines is 3. The lowest BCUT2D eigenvalue weighted by Gasteiger charge is -2.33. The standard InChI is InChI=1S/C25H26ClN5O3/c1-16-5-10-21(14-22(16)26)31-24(33)12-11-23(29-31)30-13-3-4-18(15-30)25(34)28-20-8-6-19(7-9-20)27-17(2)32/h5-12,14,18H,3-4,13,15H2,1-2H3,(H,27,32)(H,28,34). The molecular weight excluding hydrogens is 454 g/mol. The summed E-state index contributed by atoms with van der Waals surface area (Å²) in [6.07, 6.45) is 1.59. The highest BCUT2D eigenvalue weighted by Gasteiger charge is 2.27. The van der Waals surface area contributed by atoms with E-state index in [1.165, 1.54) is 17.7 Å². The number of hydrogen-bond acceptors (Lipinski definition) is 5. The molecule has 8 nitrogen and oxygen atoms in total. The minimum Gasteiger partial charge on any atom is -0.354 e. The van der Waals surface area contributed by atoms with Gasteiger partial charge in [-0.2, -0.15) is 4.68 Å². The molecule has 3 aromatic rings. The van der Waals surface area contributed by atoms with Crippen LogP contribution in [0, 0.1) is 12.8 Å². The summed E-state index contributed by atoms with van der Waals surface area (Å²) in [5.74, 6) is 0.188. The van der Waals surface area contributed by atoms with Crippen LogP contribution in [-0.4, -0.2) is 34.7 Å². The molecule has 34 heavy (non-hydrogen) atoms. The summed E-state index contributed by atoms with van der Waals surface area (Å²) < 4.78 is 1.33. The Hall–Kier alpha value is -3.65. The van der Waals surface area contributed by atoms with Crippen LogP contribution in [0.4, 0.5) is 17.2 Å². The van der Waals surface area contributed by atoms with Crippen molar-refractivity contribution in [1.29, 1.82) is 0 Å². The zero-order valence-corrected chi connectivity index (χ0v) is 19.8. The van der Waals surface area contributed by atoms with Crippen molar-refractivity contribution >= 4 is 40.6 Å². The van der Waals surface area contributed by atoms with Crippen molar-refractivity contribution in [1.82, 2.24) is 9.78 Å². The summed E-state index contributed by atoms with van der Waals surface area (Å²) in [6.45, 7) is 4.58. The average Bonchev–Trinajstić information content (AvgIpc) is 2.82. The number of carbonyl (C=O) groups is 2. The Balaban J connectivity index is 1.47. The largest absolute Gasteiger partial charge is 0.354 e. The Morgan fingerprint density at radius 3 is 2.41 bits per heavy atom. The number of hydrogen-bond donors (Lipinski definition) is 2. The van der Waals surface area contributed by atoms with E-state index in [9.17, 15) is 14.4 Å². The summed E-state index contributed by atoms with van der Waals surface area (Å²) >= 11 is 6.24. The molecule has 9 heteroatoms. The van der Waals surface area contributed by atoms with Crippen LogP contribution in [-0.2, 0) is 9.59 Å². The van der Waals surface area contributed by atoms with Crippen LogP contribution >= 0.6 is 11.6 Å². The summed E-state index contributed by atoms with van der Waals surface area (Å²) in [7, 11) is 0. The second-order valence-electron chi connectivity index (χ2n) is 8.41. The number of nitrogens with zero attached hydrogens (tertiary/aromatic N) is 3. The van der Waals surface area contributed by atoms with Crippen LogP contribution in [0.15, 0.2) is 59.4 Å². The van der Waals surface area contributed by atoms with Gasteiger partial charge in [-0.05, 0) is 67.8 Å². The summed E-state index contributed by atoms with van der Waals surface area (Å²) in [4.78, 5) is 38.6. The van der Waals surface area contributed by atoms with Gasteiger partial charge in [0.2, 0.25) is 11.8 Å². The second kappa shape index (κ2) is 10.1. The maximum atomic E-state index is 12.9. The third-order valence-corrected chi connectivity index (χ3v) is 6.18. The lowest BCUT2D eigenvalue weighted by atomic mass is 9.97. The monoisotopic (exact) mass is 479 g/mol. The van der Waals surface area contributed by atoms with Crippen molar-refractivity contribution in [2.45, 2.75) is 26.7 Å². The Morgan fingerprint density at radius 2 is 1.74 bits per heavy atom. The molecule has 2 amide bonds. The molecule has 1 saturated heterocycles. The average molecular weight is 480 g/mol. The molecule has 176 valence electrons. The third-order valence-electron chi connectivity index (χ3n) is 5.78. The first kappa shape index (κ1) is 23.5. The van der Waals surface area contributed by atoms with Crippen molar-refractivity contribution in [3.63, 3.8) is 0 Å². The van der Waals surface area contributed by atoms with Crippen molar-refractivity contribution < 1.29 is 9.59 Å². The van der Waals surface area contributed by atoms with Gasteiger partial charge in [0.25, 0.3) is 5.56 Å². The van der Waals surface area contributed by atoms with Gasteiger partial charge >= 0.3 is 0 Å². The highest BCUT2D eigenvalue weighted by atomic mass is 35.5. The van der Waals surface area contributed by atoms with Crippen LogP contribution in [0.25, 0.3) is 5.69 Å². The molecule has 0 aliphatic carbocycles. The molecule has 1 fully saturated rings. The van der Waals surface area contributed by atoms with E-state index < -0.39 is 0 Å². The molecule has 1 unspecified atom stereocenters. The number of amides is 2. The number of benzene rings is 2. The molecule has 0 radical (unpaired) electrons. The first-order valence-electron chi connectivity index (χ1n) is 11.1. The lowest BCUT2D eigenvalue weighted by Crippen LogP contribution is -2.41. The van der Waals surface area contributed by atoms with Crippen molar-refractivity contribution in [2.24, 2.45) is 5.92 Å². The minimum absolute atomic E-state index is 0.0735. The normalized spacial score (nSPS) is 15.6. The fourth-order valence-corrected chi connectivity index (χ4v) is 4.13. The van der Waals surface area contributed by atoms with Gasteiger partial charge < -0.3 is 15.5 Å². The van der Waals surface area contributed by atoms with Gasteiger partial charge in [-0.15, -0.1) is 5.10 Å². The minimum atomic E-state index is -0.252. The Kier molecular flexibility index (Phi) is 6.98. The number of aryl methyl sites for hydroxylation is 1. The summed E-state index contributed by atoms with van der Waals surface area (Å²) in [6, 6.07) is 15.6. The lowest BCUT2D eigenvalue weighted by molar-refractivity contribution is -0.120. The van der Waals surface area contributed by atoms with Gasteiger partial charge in [0.05, 0.1) is 11.6 Å². The number of nitrogens with one attached hydrogen (secondary N) is 2. The van der Waals surface area contributed by atoms with E-state index in [-0.39, 0.29) is 23.3 Å². The molecule has 0 spiro atoms. The predicted octanol–water partition coefficient (Wildman–Crippen LogP) is 4.01. The molecule has 1 aromatic heterocycles. The highest BCUT2D eigenvalue weighted by molar-refractivity contribution is 6.31. The number of aromatic nitrogens is 2. The van der Waals surface area contributed by atoms with Crippen LogP contribution in [0.3, 0.4) is 0 Å². The van der Waals surface area contributed by atoms with Crippen LogP contribution < -0.4 is 21.1 Å². The molecule has 2 heterocycles. The molecule has 1 aliphatic rings. The number of rotatable bonds is 5. The molecule has 0 saturated carbocycles. The van der Waals surface area contributed by atoms with E-state index in [0.29, 0.717) is 34.4 Å². The van der Waals surface area contributed by atoms with E-state index in [2.05, 4.69) is 15.7 Å². The molecule has 4 rings (SSSR count). The SMILES string of the molecule is CC(=O)Nc1ccc(NC(=O)C2CCCN(c3ccc(=O)n(-c4ccc(C)c(Cl)c4)n3)C2)cc1. The van der Waals surface area contributed by atoms with Crippen LogP contribution in [0.5, 0.6) is 0 Å². The van der Waals surface area contributed by atoms with Crippen molar-refractivity contribution in [3.8, 4) is 5.69 Å². The fourth-order valence-electron chi connectivity index (χ4n) is 3.95. The quantitative estimate of drug-likeness (QED) is 0.576. The number of halogens is 1. The van der Waals surface area contributed by atoms with Gasteiger partial charge in [-0.3, -0.25) is 14.4 Å². The van der Waals surface area contributed by atoms with Gasteiger partial charge in [-0.25, -0.2) is 0 Å². The Labute approximate surface area is 202 Å². The Bertz CT molecular complexity index is 1270. The smallest absolute Gasteiger partial charge is 0.271 e. The van der Waals surface area contributed by atoms with Gasteiger partial charge in [0.1, 0.15) is 5.82 Å².